The minimum Gasteiger partial charge on any atom is -0.327 e. The molecular weight excluding hydrogens is 258 g/mol. The number of hydrogen-bond donors (Lipinski definition) is 1. The summed E-state index contributed by atoms with van der Waals surface area (Å²) in [4.78, 5) is 0. The maximum absolute atomic E-state index is 6.31. The molecule has 2 N–H and O–H groups in total. The lowest BCUT2D eigenvalue weighted by Crippen LogP contribution is -2.26. The van der Waals surface area contributed by atoms with Crippen LogP contribution >= 0.6 is 0 Å². The van der Waals surface area contributed by atoms with Gasteiger partial charge in [0.25, 0.3) is 0 Å². The number of hydrogen-bond acceptors (Lipinski definition) is 2. The van der Waals surface area contributed by atoms with E-state index in [0.29, 0.717) is 6.04 Å². The Hall–Kier alpha value is -1.61. The zero-order valence-corrected chi connectivity index (χ0v) is 13.4. The third-order valence-electron chi connectivity index (χ3n) is 4.19. The Kier molecular flexibility index (Phi) is 5.57. The van der Waals surface area contributed by atoms with Crippen molar-refractivity contribution in [3.63, 3.8) is 0 Å². The second-order valence-electron chi connectivity index (χ2n) is 5.85. The molecule has 0 aliphatic heterocycles. The van der Waals surface area contributed by atoms with Crippen molar-refractivity contribution in [2.45, 2.75) is 58.5 Å². The lowest BCUT2D eigenvalue weighted by molar-refractivity contribution is 0.424. The van der Waals surface area contributed by atoms with Gasteiger partial charge in [0.1, 0.15) is 0 Å². The minimum absolute atomic E-state index is 0.121. The normalized spacial score (nSPS) is 12.8. The molecule has 0 aliphatic carbocycles. The van der Waals surface area contributed by atoms with Gasteiger partial charge in [-0.05, 0) is 43.4 Å². The fourth-order valence-electron chi connectivity index (χ4n) is 2.81. The monoisotopic (exact) mass is 285 g/mol. The SMILES string of the molecule is CCC(CC)n1ccc(CC(N)Cc2ccccc2C)n1. The largest absolute Gasteiger partial charge is 0.327 e. The highest BCUT2D eigenvalue weighted by atomic mass is 15.3. The molecule has 0 radical (unpaired) electrons. The van der Waals surface area contributed by atoms with Crippen molar-refractivity contribution in [1.29, 1.82) is 0 Å². The summed E-state index contributed by atoms with van der Waals surface area (Å²) in [7, 11) is 0. The average molecular weight is 285 g/mol. The molecule has 1 aromatic carbocycles. The molecule has 0 aliphatic rings. The smallest absolute Gasteiger partial charge is 0.0640 e. The van der Waals surface area contributed by atoms with Crippen molar-refractivity contribution in [2.75, 3.05) is 0 Å². The molecule has 2 rings (SSSR count). The van der Waals surface area contributed by atoms with Gasteiger partial charge in [-0.15, -0.1) is 0 Å². The van der Waals surface area contributed by atoms with Crippen LogP contribution in [0.3, 0.4) is 0 Å². The van der Waals surface area contributed by atoms with E-state index in [1.807, 2.05) is 0 Å². The summed E-state index contributed by atoms with van der Waals surface area (Å²) in [6, 6.07) is 11.2. The van der Waals surface area contributed by atoms with Crippen LogP contribution in [-0.4, -0.2) is 15.8 Å². The summed E-state index contributed by atoms with van der Waals surface area (Å²) in [6.45, 7) is 6.56. The van der Waals surface area contributed by atoms with Crippen LogP contribution in [0.1, 0.15) is 49.6 Å². The van der Waals surface area contributed by atoms with Gasteiger partial charge in [0, 0.05) is 18.7 Å². The lowest BCUT2D eigenvalue weighted by atomic mass is 9.99. The first-order valence-corrected chi connectivity index (χ1v) is 7.98. The Morgan fingerprint density at radius 2 is 1.81 bits per heavy atom. The van der Waals surface area contributed by atoms with Crippen LogP contribution in [0, 0.1) is 6.92 Å². The number of aryl methyl sites for hydroxylation is 1. The topological polar surface area (TPSA) is 43.8 Å². The Morgan fingerprint density at radius 3 is 2.48 bits per heavy atom. The molecule has 1 aromatic heterocycles. The van der Waals surface area contributed by atoms with Gasteiger partial charge in [-0.2, -0.15) is 5.10 Å². The Balaban J connectivity index is 1.97. The maximum atomic E-state index is 6.31. The van der Waals surface area contributed by atoms with Gasteiger partial charge >= 0.3 is 0 Å². The molecule has 21 heavy (non-hydrogen) atoms. The average Bonchev–Trinajstić information content (AvgIpc) is 2.91. The second kappa shape index (κ2) is 7.41. The Morgan fingerprint density at radius 1 is 1.10 bits per heavy atom. The summed E-state index contributed by atoms with van der Waals surface area (Å²) in [6.07, 6.45) is 6.07. The number of aromatic nitrogens is 2. The minimum atomic E-state index is 0.121. The van der Waals surface area contributed by atoms with Crippen molar-refractivity contribution in [2.24, 2.45) is 5.73 Å². The first-order valence-electron chi connectivity index (χ1n) is 7.98. The van der Waals surface area contributed by atoms with Crippen molar-refractivity contribution >= 4 is 0 Å². The van der Waals surface area contributed by atoms with Gasteiger partial charge in [0.2, 0.25) is 0 Å². The fraction of sp³-hybridized carbons (Fsp3) is 0.500. The summed E-state index contributed by atoms with van der Waals surface area (Å²) in [5.74, 6) is 0. The van der Waals surface area contributed by atoms with Crippen LogP contribution in [-0.2, 0) is 12.8 Å². The molecule has 0 saturated heterocycles. The molecule has 0 fully saturated rings. The van der Waals surface area contributed by atoms with E-state index in [1.165, 1.54) is 11.1 Å². The van der Waals surface area contributed by atoms with Crippen molar-refractivity contribution in [3.05, 3.63) is 53.3 Å². The third-order valence-corrected chi connectivity index (χ3v) is 4.19. The van der Waals surface area contributed by atoms with Crippen LogP contribution in [0.25, 0.3) is 0 Å². The molecule has 0 amide bonds. The summed E-state index contributed by atoms with van der Waals surface area (Å²) in [5, 5.41) is 4.69. The van der Waals surface area contributed by atoms with Gasteiger partial charge in [-0.3, -0.25) is 4.68 Å². The van der Waals surface area contributed by atoms with Crippen LogP contribution in [0.2, 0.25) is 0 Å². The second-order valence-corrected chi connectivity index (χ2v) is 5.85. The van der Waals surface area contributed by atoms with Gasteiger partial charge in [-0.25, -0.2) is 0 Å². The van der Waals surface area contributed by atoms with Gasteiger partial charge in [-0.1, -0.05) is 38.1 Å². The van der Waals surface area contributed by atoms with Gasteiger partial charge < -0.3 is 5.73 Å². The molecule has 1 atom stereocenters. The molecule has 3 nitrogen and oxygen atoms in total. The molecule has 114 valence electrons. The van der Waals surface area contributed by atoms with Crippen molar-refractivity contribution in [3.8, 4) is 0 Å². The molecule has 1 heterocycles. The van der Waals surface area contributed by atoms with E-state index < -0.39 is 0 Å². The molecule has 3 heteroatoms. The molecule has 2 aromatic rings. The van der Waals surface area contributed by atoms with Crippen LogP contribution < -0.4 is 5.73 Å². The van der Waals surface area contributed by atoms with E-state index in [-0.39, 0.29) is 6.04 Å². The molecule has 0 saturated carbocycles. The quantitative estimate of drug-likeness (QED) is 0.843. The third kappa shape index (κ3) is 4.18. The van der Waals surface area contributed by atoms with Crippen LogP contribution in [0.4, 0.5) is 0 Å². The highest BCUT2D eigenvalue weighted by Gasteiger charge is 2.11. The molecule has 1 unspecified atom stereocenters. The summed E-state index contributed by atoms with van der Waals surface area (Å²) in [5.41, 5.74) is 10.1. The Bertz CT molecular complexity index is 555. The zero-order chi connectivity index (χ0) is 15.2. The molecule has 0 bridgehead atoms. The van der Waals surface area contributed by atoms with Gasteiger partial charge in [0.15, 0.2) is 0 Å². The molecular formula is C18H27N3. The predicted molar refractivity (Wildman–Crippen MR) is 88.4 cm³/mol. The van der Waals surface area contributed by atoms with E-state index in [0.717, 1.165) is 31.4 Å². The first kappa shape index (κ1) is 15.8. The Labute approximate surface area is 128 Å². The number of rotatable bonds is 7. The van der Waals surface area contributed by atoms with E-state index >= 15 is 0 Å². The highest BCUT2D eigenvalue weighted by Crippen LogP contribution is 2.16. The predicted octanol–water partition coefficient (Wildman–Crippen LogP) is 3.67. The van der Waals surface area contributed by atoms with E-state index in [1.54, 1.807) is 0 Å². The van der Waals surface area contributed by atoms with Crippen molar-refractivity contribution < 1.29 is 0 Å². The highest BCUT2D eigenvalue weighted by molar-refractivity contribution is 5.26. The van der Waals surface area contributed by atoms with E-state index in [4.69, 9.17) is 10.8 Å². The molecule has 0 spiro atoms. The first-order chi connectivity index (χ1) is 10.1. The van der Waals surface area contributed by atoms with Crippen LogP contribution in [0.5, 0.6) is 0 Å². The maximum Gasteiger partial charge on any atom is 0.0640 e. The fourth-order valence-corrected chi connectivity index (χ4v) is 2.81. The number of nitrogens with zero attached hydrogens (tertiary/aromatic N) is 2. The lowest BCUT2D eigenvalue weighted by Gasteiger charge is -2.14. The summed E-state index contributed by atoms with van der Waals surface area (Å²) >= 11 is 0. The van der Waals surface area contributed by atoms with Crippen LogP contribution in [0.15, 0.2) is 36.5 Å². The van der Waals surface area contributed by atoms with Crippen molar-refractivity contribution in [1.82, 2.24) is 9.78 Å². The standard InChI is InChI=1S/C18H27N3/c1-4-18(5-2)21-11-10-17(20-21)13-16(19)12-15-9-7-6-8-14(15)3/h6-11,16,18H,4-5,12-13,19H2,1-3H3. The van der Waals surface area contributed by atoms with E-state index in [9.17, 15) is 0 Å². The number of nitrogens with two attached hydrogens (primary N) is 1. The van der Waals surface area contributed by atoms with E-state index in [2.05, 4.69) is 62.0 Å². The number of benzene rings is 1. The summed E-state index contributed by atoms with van der Waals surface area (Å²) < 4.78 is 2.09. The van der Waals surface area contributed by atoms with Gasteiger partial charge in [0.05, 0.1) is 11.7 Å². The zero-order valence-electron chi connectivity index (χ0n) is 13.4.